The SMILES string of the molecule is CSc1nccc(-n2c(-c3ccc(Cl)c(Cl)c3)nc3ccc(C)cc32)n1. The Bertz CT molecular complexity index is 1120. The molecule has 2 aromatic heterocycles. The van der Waals surface area contributed by atoms with Crippen LogP contribution in [-0.4, -0.2) is 25.8 Å². The molecule has 0 fully saturated rings. The van der Waals surface area contributed by atoms with Crippen molar-refractivity contribution < 1.29 is 0 Å². The predicted molar refractivity (Wildman–Crippen MR) is 109 cm³/mol. The first kappa shape index (κ1) is 17.3. The summed E-state index contributed by atoms with van der Waals surface area (Å²) >= 11 is 13.8. The summed E-state index contributed by atoms with van der Waals surface area (Å²) in [6, 6.07) is 13.6. The number of halogens is 2. The van der Waals surface area contributed by atoms with E-state index >= 15 is 0 Å². The van der Waals surface area contributed by atoms with Gasteiger partial charge in [-0.3, -0.25) is 4.57 Å². The first-order valence-corrected chi connectivity index (χ1v) is 9.87. The normalized spacial score (nSPS) is 11.2. The molecule has 0 aliphatic heterocycles. The van der Waals surface area contributed by atoms with Gasteiger partial charge < -0.3 is 0 Å². The van der Waals surface area contributed by atoms with Gasteiger partial charge in [0.2, 0.25) is 0 Å². The van der Waals surface area contributed by atoms with Gasteiger partial charge in [0.1, 0.15) is 11.6 Å². The second-order valence-electron chi connectivity index (χ2n) is 5.79. The fourth-order valence-electron chi connectivity index (χ4n) is 2.80. The maximum atomic E-state index is 6.24. The lowest BCUT2D eigenvalue weighted by Crippen LogP contribution is -2.02. The molecule has 0 saturated carbocycles. The Morgan fingerprint density at radius 1 is 0.962 bits per heavy atom. The predicted octanol–water partition coefficient (Wildman–Crippen LogP) is 5.82. The van der Waals surface area contributed by atoms with E-state index in [-0.39, 0.29) is 0 Å². The number of hydrogen-bond acceptors (Lipinski definition) is 4. The zero-order valence-corrected chi connectivity index (χ0v) is 16.4. The van der Waals surface area contributed by atoms with Crippen molar-refractivity contribution in [2.45, 2.75) is 12.1 Å². The van der Waals surface area contributed by atoms with E-state index in [4.69, 9.17) is 28.2 Å². The first-order chi connectivity index (χ1) is 12.6. The molecule has 2 heterocycles. The molecule has 130 valence electrons. The summed E-state index contributed by atoms with van der Waals surface area (Å²) < 4.78 is 2.03. The summed E-state index contributed by atoms with van der Waals surface area (Å²) in [4.78, 5) is 13.7. The number of rotatable bonds is 3. The van der Waals surface area contributed by atoms with Crippen LogP contribution in [0.2, 0.25) is 10.0 Å². The van der Waals surface area contributed by atoms with Crippen LogP contribution in [0.25, 0.3) is 28.2 Å². The minimum atomic E-state index is 0.492. The lowest BCUT2D eigenvalue weighted by Gasteiger charge is -2.10. The fourth-order valence-corrected chi connectivity index (χ4v) is 3.45. The van der Waals surface area contributed by atoms with E-state index in [0.29, 0.717) is 15.2 Å². The minimum Gasteiger partial charge on any atom is -0.276 e. The number of benzene rings is 2. The van der Waals surface area contributed by atoms with Gasteiger partial charge in [-0.2, -0.15) is 0 Å². The van der Waals surface area contributed by atoms with Crippen LogP contribution >= 0.6 is 35.0 Å². The molecule has 0 N–H and O–H groups in total. The van der Waals surface area contributed by atoms with Gasteiger partial charge in [-0.25, -0.2) is 15.0 Å². The van der Waals surface area contributed by atoms with Gasteiger partial charge in [0.15, 0.2) is 5.16 Å². The Labute approximate surface area is 165 Å². The third-order valence-electron chi connectivity index (χ3n) is 4.02. The Hall–Kier alpha value is -2.08. The Kier molecular flexibility index (Phi) is 4.61. The van der Waals surface area contributed by atoms with Gasteiger partial charge in [-0.1, -0.05) is 41.0 Å². The Balaban J connectivity index is 2.04. The highest BCUT2D eigenvalue weighted by atomic mass is 35.5. The van der Waals surface area contributed by atoms with E-state index in [1.54, 1.807) is 12.3 Å². The fraction of sp³-hybridized carbons (Fsp3) is 0.105. The van der Waals surface area contributed by atoms with E-state index < -0.39 is 0 Å². The quantitative estimate of drug-likeness (QED) is 0.321. The largest absolute Gasteiger partial charge is 0.276 e. The topological polar surface area (TPSA) is 43.6 Å². The monoisotopic (exact) mass is 400 g/mol. The molecule has 26 heavy (non-hydrogen) atoms. The zero-order chi connectivity index (χ0) is 18.3. The smallest absolute Gasteiger partial charge is 0.189 e. The molecule has 0 amide bonds. The first-order valence-electron chi connectivity index (χ1n) is 7.89. The molecule has 0 atom stereocenters. The third kappa shape index (κ3) is 3.07. The van der Waals surface area contributed by atoms with Gasteiger partial charge in [-0.05, 0) is 55.1 Å². The summed E-state index contributed by atoms with van der Waals surface area (Å²) in [6.07, 6.45) is 3.71. The van der Waals surface area contributed by atoms with Crippen molar-refractivity contribution in [3.05, 3.63) is 64.3 Å². The van der Waals surface area contributed by atoms with Crippen LogP contribution in [0.3, 0.4) is 0 Å². The number of thioether (sulfide) groups is 1. The lowest BCUT2D eigenvalue weighted by atomic mass is 10.2. The molecule has 4 aromatic rings. The van der Waals surface area contributed by atoms with Gasteiger partial charge in [0.05, 0.1) is 21.1 Å². The maximum Gasteiger partial charge on any atom is 0.189 e. The standard InChI is InChI=1S/C19H14Cl2N4S/c1-11-3-6-15-16(9-11)25(17-7-8-22-19(24-17)26-2)18(23-15)12-4-5-13(20)14(21)10-12/h3-10H,1-2H3. The van der Waals surface area contributed by atoms with E-state index in [9.17, 15) is 0 Å². The van der Waals surface area contributed by atoms with E-state index in [1.807, 2.05) is 41.2 Å². The van der Waals surface area contributed by atoms with E-state index in [1.165, 1.54) is 11.8 Å². The van der Waals surface area contributed by atoms with Crippen LogP contribution in [-0.2, 0) is 0 Å². The van der Waals surface area contributed by atoms with E-state index in [0.717, 1.165) is 33.8 Å². The van der Waals surface area contributed by atoms with Crippen molar-refractivity contribution in [3.8, 4) is 17.2 Å². The summed E-state index contributed by atoms with van der Waals surface area (Å²) in [5.41, 5.74) is 3.90. The molecule has 0 bridgehead atoms. The molecule has 0 spiro atoms. The zero-order valence-electron chi connectivity index (χ0n) is 14.1. The summed E-state index contributed by atoms with van der Waals surface area (Å²) in [5, 5.41) is 1.71. The number of aromatic nitrogens is 4. The van der Waals surface area contributed by atoms with Crippen molar-refractivity contribution in [2.24, 2.45) is 0 Å². The molecule has 0 unspecified atom stereocenters. The van der Waals surface area contributed by atoms with Crippen molar-refractivity contribution in [1.82, 2.24) is 19.5 Å². The summed E-state index contributed by atoms with van der Waals surface area (Å²) in [6.45, 7) is 2.06. The van der Waals surface area contributed by atoms with Crippen LogP contribution < -0.4 is 0 Å². The lowest BCUT2D eigenvalue weighted by molar-refractivity contribution is 0.906. The van der Waals surface area contributed by atoms with Crippen LogP contribution in [0.5, 0.6) is 0 Å². The number of aryl methyl sites for hydroxylation is 1. The number of nitrogens with zero attached hydrogens (tertiary/aromatic N) is 4. The minimum absolute atomic E-state index is 0.492. The molecule has 0 aliphatic rings. The van der Waals surface area contributed by atoms with Crippen LogP contribution in [0.1, 0.15) is 5.56 Å². The number of imidazole rings is 1. The molecule has 0 aliphatic carbocycles. The third-order valence-corrected chi connectivity index (χ3v) is 5.32. The Morgan fingerprint density at radius 3 is 2.58 bits per heavy atom. The second kappa shape index (κ2) is 6.91. The average molecular weight is 401 g/mol. The molecular formula is C19H14Cl2N4S. The van der Waals surface area contributed by atoms with Crippen molar-refractivity contribution in [3.63, 3.8) is 0 Å². The molecule has 0 saturated heterocycles. The van der Waals surface area contributed by atoms with Crippen molar-refractivity contribution >= 4 is 46.0 Å². The molecular weight excluding hydrogens is 387 g/mol. The molecule has 4 nitrogen and oxygen atoms in total. The number of fused-ring (bicyclic) bond motifs is 1. The second-order valence-corrected chi connectivity index (χ2v) is 7.38. The van der Waals surface area contributed by atoms with Gasteiger partial charge in [-0.15, -0.1) is 0 Å². The molecule has 7 heteroatoms. The Morgan fingerprint density at radius 2 is 1.81 bits per heavy atom. The number of hydrogen-bond donors (Lipinski definition) is 0. The molecule has 0 radical (unpaired) electrons. The summed E-state index contributed by atoms with van der Waals surface area (Å²) in [5.74, 6) is 1.52. The van der Waals surface area contributed by atoms with Gasteiger partial charge in [0.25, 0.3) is 0 Å². The summed E-state index contributed by atoms with van der Waals surface area (Å²) in [7, 11) is 0. The van der Waals surface area contributed by atoms with Gasteiger partial charge in [0, 0.05) is 11.8 Å². The highest BCUT2D eigenvalue weighted by molar-refractivity contribution is 7.98. The van der Waals surface area contributed by atoms with Crippen LogP contribution in [0, 0.1) is 6.92 Å². The molecule has 4 rings (SSSR count). The van der Waals surface area contributed by atoms with Crippen LogP contribution in [0.15, 0.2) is 53.8 Å². The van der Waals surface area contributed by atoms with Crippen molar-refractivity contribution in [1.29, 1.82) is 0 Å². The highest BCUT2D eigenvalue weighted by Crippen LogP contribution is 2.32. The molecule has 2 aromatic carbocycles. The maximum absolute atomic E-state index is 6.24. The van der Waals surface area contributed by atoms with Gasteiger partial charge >= 0.3 is 0 Å². The van der Waals surface area contributed by atoms with E-state index in [2.05, 4.69) is 23.0 Å². The highest BCUT2D eigenvalue weighted by Gasteiger charge is 2.16. The van der Waals surface area contributed by atoms with Crippen molar-refractivity contribution in [2.75, 3.05) is 6.26 Å². The van der Waals surface area contributed by atoms with Crippen LogP contribution in [0.4, 0.5) is 0 Å². The average Bonchev–Trinajstić information content (AvgIpc) is 3.02.